The molecule has 0 amide bonds. The van der Waals surface area contributed by atoms with Gasteiger partial charge in [-0.3, -0.25) is 5.41 Å². The van der Waals surface area contributed by atoms with E-state index in [-0.39, 0.29) is 30.8 Å². The Balaban J connectivity index is 0.000000188. The Morgan fingerprint density at radius 3 is 2.31 bits per heavy atom. The Kier molecular flexibility index (Phi) is 6.87. The molecule has 0 aliphatic carbocycles. The van der Waals surface area contributed by atoms with Crippen LogP contribution in [0, 0.1) is 5.41 Å². The van der Waals surface area contributed by atoms with Gasteiger partial charge in [0.1, 0.15) is 17.7 Å². The van der Waals surface area contributed by atoms with Crippen molar-refractivity contribution in [2.75, 3.05) is 13.2 Å². The number of nitrogen functional groups attached to an aromatic ring is 1. The van der Waals surface area contributed by atoms with Crippen molar-refractivity contribution in [1.29, 1.82) is 5.41 Å². The van der Waals surface area contributed by atoms with Gasteiger partial charge in [-0.15, -0.1) is 0 Å². The van der Waals surface area contributed by atoms with Gasteiger partial charge in [-0.25, -0.2) is 0 Å². The van der Waals surface area contributed by atoms with Crippen LogP contribution in [0.3, 0.4) is 0 Å². The van der Waals surface area contributed by atoms with Crippen molar-refractivity contribution >= 4 is 11.5 Å². The first-order chi connectivity index (χ1) is 14.0. The molecular weight excluding hydrogens is 370 g/mol. The molecule has 6 N–H and O–H groups in total. The highest BCUT2D eigenvalue weighted by atomic mass is 16.6. The average molecular weight is 397 g/mol. The Hall–Kier alpha value is -2.87. The van der Waals surface area contributed by atoms with Gasteiger partial charge in [-0.05, 0) is 41.8 Å². The molecule has 2 aliphatic heterocycles. The predicted octanol–water partition coefficient (Wildman–Crippen LogP) is 2.01. The van der Waals surface area contributed by atoms with Gasteiger partial charge < -0.3 is 30.8 Å². The molecule has 2 fully saturated rings. The highest BCUT2D eigenvalue weighted by Crippen LogP contribution is 2.29. The zero-order valence-corrected chi connectivity index (χ0v) is 16.2. The Morgan fingerprint density at radius 2 is 1.72 bits per heavy atom. The summed E-state index contributed by atoms with van der Waals surface area (Å²) in [5, 5.41) is 15.8. The fourth-order valence-corrected chi connectivity index (χ4v) is 3.24. The number of nitrogens with one attached hydrogen (secondary N) is 1. The van der Waals surface area contributed by atoms with Crippen molar-refractivity contribution in [3.8, 4) is 5.75 Å². The van der Waals surface area contributed by atoms with E-state index in [1.807, 2.05) is 24.3 Å². The molecule has 3 atom stereocenters. The molecular formula is C22H27N3O4. The maximum atomic E-state index is 8.68. The molecule has 2 saturated heterocycles. The molecule has 2 aromatic carbocycles. The lowest BCUT2D eigenvalue weighted by atomic mass is 10.1. The molecule has 0 radical (unpaired) electrons. The normalized spacial score (nSPS) is 22.3. The second kappa shape index (κ2) is 9.56. The molecule has 29 heavy (non-hydrogen) atoms. The first-order valence-electron chi connectivity index (χ1n) is 9.47. The smallest absolute Gasteiger partial charge is 0.150 e. The molecule has 7 heteroatoms. The van der Waals surface area contributed by atoms with Gasteiger partial charge in [-0.2, -0.15) is 0 Å². The maximum Gasteiger partial charge on any atom is 0.150 e. The monoisotopic (exact) mass is 397 g/mol. The summed E-state index contributed by atoms with van der Waals surface area (Å²) in [5.41, 5.74) is 13.8. The van der Waals surface area contributed by atoms with Crippen molar-refractivity contribution in [3.63, 3.8) is 0 Å². The molecule has 2 aliphatic rings. The second-order valence-electron chi connectivity index (χ2n) is 6.97. The van der Waals surface area contributed by atoms with Crippen LogP contribution in [0.4, 0.5) is 0 Å². The van der Waals surface area contributed by atoms with Gasteiger partial charge in [-0.1, -0.05) is 30.8 Å². The fraction of sp³-hybridized carbons (Fsp3) is 0.318. The molecule has 4 rings (SSSR count). The number of ether oxygens (including phenoxy) is 3. The zero-order chi connectivity index (χ0) is 20.8. The molecule has 0 bridgehead atoms. The minimum Gasteiger partial charge on any atom is -0.485 e. The van der Waals surface area contributed by atoms with E-state index in [4.69, 9.17) is 36.2 Å². The minimum absolute atomic E-state index is 0.00979. The van der Waals surface area contributed by atoms with Crippen LogP contribution >= 0.6 is 0 Å². The van der Waals surface area contributed by atoms with Crippen LogP contribution in [-0.2, 0) is 16.1 Å². The van der Waals surface area contributed by atoms with Crippen molar-refractivity contribution < 1.29 is 19.3 Å². The van der Waals surface area contributed by atoms with Crippen LogP contribution in [-0.4, -0.2) is 42.5 Å². The SMILES string of the molecule is C=C(N)c1ccc(OC2CO[C@@H]3CCO[C@H]23)cc1.N=C(N)c1ccc(CO)cc1. The molecule has 7 nitrogen and oxygen atoms in total. The summed E-state index contributed by atoms with van der Waals surface area (Å²) >= 11 is 0. The lowest BCUT2D eigenvalue weighted by Crippen LogP contribution is -2.32. The lowest BCUT2D eigenvalue weighted by Gasteiger charge is -2.18. The summed E-state index contributed by atoms with van der Waals surface area (Å²) in [6.07, 6.45) is 1.24. The Bertz CT molecular complexity index is 836. The highest BCUT2D eigenvalue weighted by Gasteiger charge is 2.43. The van der Waals surface area contributed by atoms with Gasteiger partial charge in [0.25, 0.3) is 0 Å². The van der Waals surface area contributed by atoms with E-state index in [0.29, 0.717) is 17.9 Å². The number of benzene rings is 2. The van der Waals surface area contributed by atoms with E-state index in [9.17, 15) is 0 Å². The Labute approximate surface area is 170 Å². The quantitative estimate of drug-likeness (QED) is 0.452. The van der Waals surface area contributed by atoms with Crippen molar-refractivity contribution in [2.24, 2.45) is 11.5 Å². The number of hydrogen-bond acceptors (Lipinski definition) is 6. The van der Waals surface area contributed by atoms with Gasteiger partial charge in [0.2, 0.25) is 0 Å². The number of nitrogens with two attached hydrogens (primary N) is 2. The first-order valence-corrected chi connectivity index (χ1v) is 9.47. The number of amidine groups is 1. The lowest BCUT2D eigenvalue weighted by molar-refractivity contribution is 0.0308. The minimum atomic E-state index is -0.00979. The highest BCUT2D eigenvalue weighted by molar-refractivity contribution is 5.94. The van der Waals surface area contributed by atoms with Crippen molar-refractivity contribution in [1.82, 2.24) is 0 Å². The zero-order valence-electron chi connectivity index (χ0n) is 16.2. The topological polar surface area (TPSA) is 124 Å². The third-order valence-corrected chi connectivity index (χ3v) is 4.88. The maximum absolute atomic E-state index is 8.68. The van der Waals surface area contributed by atoms with Gasteiger partial charge in [0, 0.05) is 17.9 Å². The van der Waals surface area contributed by atoms with Crippen LogP contribution in [0.25, 0.3) is 5.70 Å². The first kappa shape index (κ1) is 20.9. The van der Waals surface area contributed by atoms with E-state index < -0.39 is 0 Å². The largest absolute Gasteiger partial charge is 0.485 e. The second-order valence-corrected chi connectivity index (χ2v) is 6.97. The molecule has 0 aromatic heterocycles. The fourth-order valence-electron chi connectivity index (χ4n) is 3.24. The standard InChI is InChI=1S/C14H17NO3.C8H10N2O/c1-9(15)10-2-4-11(5-3-10)18-13-8-17-12-6-7-16-14(12)13;9-8(10)7-3-1-6(5-11)2-4-7/h2-5,12-14H,1,6-8,15H2;1-4,11H,5H2,(H3,9,10)/t12-,13?,14+;/m1./s1. The summed E-state index contributed by atoms with van der Waals surface area (Å²) in [6, 6.07) is 14.5. The average Bonchev–Trinajstić information content (AvgIpc) is 3.34. The predicted molar refractivity (Wildman–Crippen MR) is 112 cm³/mol. The summed E-state index contributed by atoms with van der Waals surface area (Å²) in [4.78, 5) is 0. The number of rotatable bonds is 5. The van der Waals surface area contributed by atoms with Gasteiger partial charge in [0.05, 0.1) is 19.3 Å². The number of aliphatic hydroxyl groups excluding tert-OH is 1. The van der Waals surface area contributed by atoms with Crippen LogP contribution in [0.2, 0.25) is 0 Å². The molecule has 0 spiro atoms. The summed E-state index contributed by atoms with van der Waals surface area (Å²) in [6.45, 7) is 5.09. The number of aliphatic hydroxyl groups is 1. The van der Waals surface area contributed by atoms with E-state index in [1.165, 1.54) is 0 Å². The summed E-state index contributed by atoms with van der Waals surface area (Å²) in [5.74, 6) is 0.860. The molecule has 1 unspecified atom stereocenters. The molecule has 154 valence electrons. The number of hydrogen-bond donors (Lipinski definition) is 4. The summed E-state index contributed by atoms with van der Waals surface area (Å²) in [7, 11) is 0. The Morgan fingerprint density at radius 1 is 1.07 bits per heavy atom. The summed E-state index contributed by atoms with van der Waals surface area (Å²) < 4.78 is 17.2. The van der Waals surface area contributed by atoms with Gasteiger partial charge in [0.15, 0.2) is 6.10 Å². The van der Waals surface area contributed by atoms with Crippen molar-refractivity contribution in [3.05, 3.63) is 71.8 Å². The van der Waals surface area contributed by atoms with Crippen LogP contribution in [0.15, 0.2) is 55.1 Å². The molecule has 0 saturated carbocycles. The van der Waals surface area contributed by atoms with E-state index >= 15 is 0 Å². The third kappa shape index (κ3) is 5.35. The van der Waals surface area contributed by atoms with E-state index in [1.54, 1.807) is 24.3 Å². The number of fused-ring (bicyclic) bond motifs is 1. The molecule has 2 aromatic rings. The molecule has 2 heterocycles. The van der Waals surface area contributed by atoms with Crippen LogP contribution in [0.5, 0.6) is 5.75 Å². The van der Waals surface area contributed by atoms with Crippen molar-refractivity contribution in [2.45, 2.75) is 31.3 Å². The van der Waals surface area contributed by atoms with E-state index in [0.717, 1.165) is 29.9 Å². The van der Waals surface area contributed by atoms with Crippen LogP contribution in [0.1, 0.15) is 23.1 Å². The van der Waals surface area contributed by atoms with E-state index in [2.05, 4.69) is 6.58 Å². The third-order valence-electron chi connectivity index (χ3n) is 4.88. The van der Waals surface area contributed by atoms with Crippen LogP contribution < -0.4 is 16.2 Å². The van der Waals surface area contributed by atoms with Gasteiger partial charge >= 0.3 is 0 Å².